The fraction of sp³-hybridized carbons (Fsp3) is 0.520. The number of imidazole rings is 1. The second-order valence-electron chi connectivity index (χ2n) is 9.29. The molecule has 1 aliphatic carbocycles. The Bertz CT molecular complexity index is 1390. The maximum absolute atomic E-state index is 15.3. The zero-order chi connectivity index (χ0) is 26.9. The number of pyridine rings is 1. The van der Waals surface area contributed by atoms with E-state index in [9.17, 15) is 13.9 Å². The van der Waals surface area contributed by atoms with Crippen molar-refractivity contribution >= 4 is 28.4 Å². The lowest BCUT2D eigenvalue weighted by molar-refractivity contribution is 0.0195. The lowest BCUT2D eigenvalue weighted by Gasteiger charge is -2.33. The predicted octanol–water partition coefficient (Wildman–Crippen LogP) is 5.03. The van der Waals surface area contributed by atoms with Gasteiger partial charge in [0.05, 0.1) is 29.6 Å². The summed E-state index contributed by atoms with van der Waals surface area (Å²) in [5.41, 5.74) is 0.874. The molecule has 4 heterocycles. The van der Waals surface area contributed by atoms with Crippen LogP contribution in [0.4, 0.5) is 24.9 Å². The summed E-state index contributed by atoms with van der Waals surface area (Å²) in [6.45, 7) is 6.92. The van der Waals surface area contributed by atoms with Crippen molar-refractivity contribution in [1.29, 1.82) is 0 Å². The number of hydrogen-bond acceptors (Lipinski definition) is 7. The molecule has 5 rings (SSSR count). The second-order valence-corrected chi connectivity index (χ2v) is 9.29. The maximum Gasteiger partial charge on any atom is 0.256 e. The van der Waals surface area contributed by atoms with E-state index >= 15 is 4.39 Å². The number of aromatic nitrogens is 6. The van der Waals surface area contributed by atoms with Gasteiger partial charge in [-0.05, 0) is 51.7 Å². The normalized spacial score (nSPS) is 19.8. The summed E-state index contributed by atoms with van der Waals surface area (Å²) in [6, 6.07) is 3.35. The molecule has 0 amide bonds. The zero-order valence-corrected chi connectivity index (χ0v) is 21.7. The van der Waals surface area contributed by atoms with Crippen LogP contribution in [-0.2, 0) is 6.54 Å². The van der Waals surface area contributed by atoms with Crippen molar-refractivity contribution in [2.45, 2.75) is 78.0 Å². The van der Waals surface area contributed by atoms with Crippen LogP contribution in [0.15, 0.2) is 18.3 Å². The molecule has 0 bridgehead atoms. The van der Waals surface area contributed by atoms with Gasteiger partial charge in [-0.25, -0.2) is 27.7 Å². The first kappa shape index (κ1) is 26.6. The van der Waals surface area contributed by atoms with Crippen molar-refractivity contribution < 1.29 is 18.3 Å². The van der Waals surface area contributed by atoms with Crippen LogP contribution in [0.3, 0.4) is 0 Å². The minimum Gasteiger partial charge on any atom is -0.390 e. The average molecular weight is 519 g/mol. The van der Waals surface area contributed by atoms with Crippen LogP contribution in [0.25, 0.3) is 27.9 Å². The molecular weight excluding hydrogens is 485 g/mol. The minimum absolute atomic E-state index is 0.0969. The van der Waals surface area contributed by atoms with Crippen LogP contribution in [0.5, 0.6) is 0 Å². The third kappa shape index (κ3) is 5.34. The van der Waals surface area contributed by atoms with Crippen molar-refractivity contribution in [1.82, 2.24) is 29.1 Å². The van der Waals surface area contributed by atoms with Crippen LogP contribution in [-0.4, -0.2) is 59.4 Å². The van der Waals surface area contributed by atoms with E-state index in [2.05, 4.69) is 30.7 Å². The second kappa shape index (κ2) is 10.5. The van der Waals surface area contributed by atoms with Crippen LogP contribution in [0.1, 0.15) is 52.3 Å². The van der Waals surface area contributed by atoms with Gasteiger partial charge in [-0.2, -0.15) is 4.98 Å². The first-order chi connectivity index (χ1) is 17.6. The minimum atomic E-state index is -2.57. The van der Waals surface area contributed by atoms with E-state index in [1.165, 1.54) is 15.3 Å². The summed E-state index contributed by atoms with van der Waals surface area (Å²) in [7, 11) is 1.68. The highest BCUT2D eigenvalue weighted by Gasteiger charge is 2.29. The summed E-state index contributed by atoms with van der Waals surface area (Å²) in [5, 5.41) is 20.9. The molecular formula is C25H33F3N8O. The Kier molecular flexibility index (Phi) is 7.58. The molecule has 0 aliphatic heterocycles. The third-order valence-electron chi connectivity index (χ3n) is 6.58. The fourth-order valence-electron chi connectivity index (χ4n) is 4.71. The molecule has 1 aliphatic rings. The van der Waals surface area contributed by atoms with Crippen molar-refractivity contribution in [2.24, 2.45) is 0 Å². The topological polar surface area (TPSA) is 105 Å². The van der Waals surface area contributed by atoms with Gasteiger partial charge in [0.25, 0.3) is 6.43 Å². The lowest BCUT2D eigenvalue weighted by Crippen LogP contribution is -2.36. The van der Waals surface area contributed by atoms with Gasteiger partial charge in [-0.1, -0.05) is 13.8 Å². The molecule has 0 atom stereocenters. The molecule has 3 N–H and O–H groups in total. The summed E-state index contributed by atoms with van der Waals surface area (Å²) < 4.78 is 44.2. The number of nitrogens with one attached hydrogen (secondary N) is 2. The van der Waals surface area contributed by atoms with Gasteiger partial charge in [0.1, 0.15) is 16.9 Å². The van der Waals surface area contributed by atoms with Gasteiger partial charge >= 0.3 is 0 Å². The number of anilines is 2. The molecule has 12 heteroatoms. The highest BCUT2D eigenvalue weighted by atomic mass is 19.3. The zero-order valence-electron chi connectivity index (χ0n) is 21.7. The quantitative estimate of drug-likeness (QED) is 0.329. The molecule has 0 spiro atoms. The van der Waals surface area contributed by atoms with Crippen LogP contribution in [0, 0.1) is 12.7 Å². The molecule has 4 aromatic heterocycles. The number of halogens is 3. The van der Waals surface area contributed by atoms with Crippen molar-refractivity contribution in [3.05, 3.63) is 30.0 Å². The maximum atomic E-state index is 15.3. The van der Waals surface area contributed by atoms with Gasteiger partial charge < -0.3 is 20.3 Å². The summed E-state index contributed by atoms with van der Waals surface area (Å²) in [4.78, 5) is 13.3. The van der Waals surface area contributed by atoms with Gasteiger partial charge in [-0.3, -0.25) is 0 Å². The molecule has 1 fully saturated rings. The Balaban J connectivity index is 0.00000156. The summed E-state index contributed by atoms with van der Waals surface area (Å²) in [6.07, 6.45) is 1.55. The van der Waals surface area contributed by atoms with Crippen LogP contribution < -0.4 is 10.6 Å². The highest BCUT2D eigenvalue weighted by molar-refractivity contribution is 5.89. The largest absolute Gasteiger partial charge is 0.390 e. The lowest BCUT2D eigenvalue weighted by atomic mass is 9.84. The van der Waals surface area contributed by atoms with Gasteiger partial charge in [0, 0.05) is 13.1 Å². The molecule has 0 saturated heterocycles. The number of alkyl halides is 2. The molecule has 9 nitrogen and oxygen atoms in total. The standard InChI is InChI=1S/C23H27F3N8O.C2H6/c1-12-28-16-5-4-15(30-21(16)33(12)11-17(25)26)18-14(24)10-34-19(18)20(27-3)31-22(32-34)29-13-6-8-23(2,35)9-7-13;1-2/h4-5,10,13,17,35H,6-9,11H2,1-3H3,(H2,27,29,31,32);1-2H3. The molecule has 0 radical (unpaired) electrons. The Morgan fingerprint density at radius 2 is 1.86 bits per heavy atom. The van der Waals surface area contributed by atoms with Crippen molar-refractivity contribution in [3.8, 4) is 11.3 Å². The van der Waals surface area contributed by atoms with E-state index in [-0.39, 0.29) is 22.9 Å². The van der Waals surface area contributed by atoms with Crippen molar-refractivity contribution in [2.75, 3.05) is 17.7 Å². The highest BCUT2D eigenvalue weighted by Crippen LogP contribution is 2.34. The number of nitrogens with zero attached hydrogens (tertiary/aromatic N) is 6. The monoisotopic (exact) mass is 518 g/mol. The summed E-state index contributed by atoms with van der Waals surface area (Å²) >= 11 is 0. The number of aliphatic hydroxyl groups is 1. The molecule has 1 saturated carbocycles. The molecule has 0 aromatic carbocycles. The molecule has 0 unspecified atom stereocenters. The van der Waals surface area contributed by atoms with Gasteiger partial charge in [0.15, 0.2) is 17.3 Å². The SMILES string of the molecule is CC.CNc1nc(NC2CCC(C)(O)CC2)nn2cc(F)c(-c3ccc4nc(C)n(CC(F)F)c4n3)c12. The predicted molar refractivity (Wildman–Crippen MR) is 138 cm³/mol. The van der Waals surface area contributed by atoms with E-state index in [1.54, 1.807) is 26.1 Å². The average Bonchev–Trinajstić information content (AvgIpc) is 3.35. The van der Waals surface area contributed by atoms with E-state index in [1.807, 2.05) is 20.8 Å². The Morgan fingerprint density at radius 1 is 1.16 bits per heavy atom. The fourth-order valence-corrected chi connectivity index (χ4v) is 4.71. The molecule has 37 heavy (non-hydrogen) atoms. The first-order valence-corrected chi connectivity index (χ1v) is 12.5. The Labute approximate surface area is 213 Å². The molecule has 200 valence electrons. The molecule has 4 aromatic rings. The van der Waals surface area contributed by atoms with E-state index < -0.39 is 24.4 Å². The van der Waals surface area contributed by atoms with E-state index in [4.69, 9.17) is 0 Å². The number of aryl methyl sites for hydroxylation is 1. The Morgan fingerprint density at radius 3 is 2.51 bits per heavy atom. The third-order valence-corrected chi connectivity index (χ3v) is 6.58. The first-order valence-electron chi connectivity index (χ1n) is 12.5. The number of rotatable bonds is 6. The number of hydrogen-bond donors (Lipinski definition) is 3. The van der Waals surface area contributed by atoms with Crippen LogP contribution >= 0.6 is 0 Å². The van der Waals surface area contributed by atoms with E-state index in [0.717, 1.165) is 12.8 Å². The van der Waals surface area contributed by atoms with Gasteiger partial charge in [-0.15, -0.1) is 5.10 Å². The smallest absolute Gasteiger partial charge is 0.256 e. The Hall–Kier alpha value is -3.41. The summed E-state index contributed by atoms with van der Waals surface area (Å²) in [5.74, 6) is 0.573. The number of fused-ring (bicyclic) bond motifs is 2. The van der Waals surface area contributed by atoms with Gasteiger partial charge in [0.2, 0.25) is 5.95 Å². The van der Waals surface area contributed by atoms with Crippen molar-refractivity contribution in [3.63, 3.8) is 0 Å². The van der Waals surface area contributed by atoms with E-state index in [0.29, 0.717) is 41.5 Å². The van der Waals surface area contributed by atoms with Crippen LogP contribution in [0.2, 0.25) is 0 Å².